The summed E-state index contributed by atoms with van der Waals surface area (Å²) in [5, 5.41) is 1.44. The van der Waals surface area contributed by atoms with Gasteiger partial charge in [-0.25, -0.2) is 33.7 Å². The third-order valence-electron chi connectivity index (χ3n) is 4.72. The van der Waals surface area contributed by atoms with Crippen LogP contribution < -0.4 is 118 Å². The van der Waals surface area contributed by atoms with Gasteiger partial charge in [0.15, 0.2) is 0 Å². The average Bonchev–Trinajstić information content (AvgIpc) is 2.75. The number of hydrogen-bond donors (Lipinski definition) is 0. The Labute approximate surface area is 319 Å². The van der Waals surface area contributed by atoms with E-state index in [1.807, 2.05) is 0 Å². The van der Waals surface area contributed by atoms with E-state index < -0.39 is 60.1 Å². The molecule has 0 fully saturated rings. The first-order valence-electron chi connectivity index (χ1n) is 9.27. The topological polar surface area (TPSA) is 229 Å². The predicted molar refractivity (Wildman–Crippen MR) is 120 cm³/mol. The second kappa shape index (κ2) is 16.4. The van der Waals surface area contributed by atoms with Crippen LogP contribution in [-0.4, -0.2) is 51.9 Å². The molecule has 20 heteroatoms. The van der Waals surface area contributed by atoms with Crippen LogP contribution in [0.2, 0.25) is 0 Å². The van der Waals surface area contributed by atoms with Gasteiger partial charge in [0.2, 0.25) is 0 Å². The number of rotatable bonds is 4. The molecule has 0 atom stereocenters. The van der Waals surface area contributed by atoms with Crippen molar-refractivity contribution in [3.05, 3.63) is 72.8 Å². The minimum absolute atomic E-state index is 0. The van der Waals surface area contributed by atoms with Gasteiger partial charge < -0.3 is 18.2 Å². The van der Waals surface area contributed by atoms with Crippen molar-refractivity contribution >= 4 is 62.0 Å². The van der Waals surface area contributed by atoms with Crippen molar-refractivity contribution in [3.63, 3.8) is 0 Å². The standard InChI is InChI=1S/2C10H8O6S2.4Na/c2*11-17(12,13)9-3-1-7-2-4-10(18(14,15)16)6-8(7)5-9;;;;/h2*1-6H,(H,11,12,13)(H,14,15,16);;;;/q;;4*+1/p-4. The van der Waals surface area contributed by atoms with E-state index in [0.29, 0.717) is 10.8 Å². The molecule has 0 heterocycles. The third-order valence-corrected chi connectivity index (χ3v) is 8.05. The molecule has 0 saturated heterocycles. The van der Waals surface area contributed by atoms with E-state index in [1.54, 1.807) is 0 Å². The zero-order valence-electron chi connectivity index (χ0n) is 21.5. The Hall–Kier alpha value is 1.04. The molecular formula is C20H12Na4O12S4. The summed E-state index contributed by atoms with van der Waals surface area (Å²) in [6, 6.07) is 14.1. The molecule has 0 radical (unpaired) electrons. The van der Waals surface area contributed by atoms with Crippen LogP contribution in [-0.2, 0) is 40.5 Å². The summed E-state index contributed by atoms with van der Waals surface area (Å²) in [5.41, 5.74) is 0. The van der Waals surface area contributed by atoms with Crippen molar-refractivity contribution in [1.29, 1.82) is 0 Å². The first-order chi connectivity index (χ1) is 16.4. The summed E-state index contributed by atoms with van der Waals surface area (Å²) in [7, 11) is -18.5. The molecule has 0 unspecified atom stereocenters. The molecule has 0 N–H and O–H groups in total. The molecule has 0 spiro atoms. The molecule has 0 amide bonds. The van der Waals surface area contributed by atoms with Crippen LogP contribution in [0.3, 0.4) is 0 Å². The molecule has 0 aliphatic carbocycles. The van der Waals surface area contributed by atoms with Crippen molar-refractivity contribution in [1.82, 2.24) is 0 Å². The molecule has 192 valence electrons. The number of hydrogen-bond acceptors (Lipinski definition) is 12. The summed E-state index contributed by atoms with van der Waals surface area (Å²) in [6.07, 6.45) is 0. The monoisotopic (exact) mass is 664 g/mol. The molecular weight excluding hydrogens is 652 g/mol. The fraction of sp³-hybridized carbons (Fsp3) is 0. The van der Waals surface area contributed by atoms with Crippen LogP contribution in [0.15, 0.2) is 92.4 Å². The predicted octanol–water partition coefficient (Wildman–Crippen LogP) is -10.7. The molecule has 4 rings (SSSR count). The maximum absolute atomic E-state index is 10.8. The van der Waals surface area contributed by atoms with E-state index in [0.717, 1.165) is 48.5 Å². The largest absolute Gasteiger partial charge is 1.00 e. The Balaban J connectivity index is 0. The Morgan fingerprint density at radius 3 is 0.650 bits per heavy atom. The maximum atomic E-state index is 10.8. The third kappa shape index (κ3) is 11.9. The van der Waals surface area contributed by atoms with Gasteiger partial charge in [-0.1, -0.05) is 24.3 Å². The van der Waals surface area contributed by atoms with Crippen molar-refractivity contribution in [2.75, 3.05) is 0 Å². The fourth-order valence-electron chi connectivity index (χ4n) is 3.03. The van der Waals surface area contributed by atoms with Crippen LogP contribution in [0.1, 0.15) is 0 Å². The first-order valence-corrected chi connectivity index (χ1v) is 14.9. The van der Waals surface area contributed by atoms with Crippen molar-refractivity contribution in [2.45, 2.75) is 19.6 Å². The van der Waals surface area contributed by atoms with E-state index in [2.05, 4.69) is 0 Å². The van der Waals surface area contributed by atoms with Gasteiger partial charge in [0.1, 0.15) is 40.5 Å². The second-order valence-corrected chi connectivity index (χ2v) is 12.7. The second-order valence-electron chi connectivity index (χ2n) is 7.16. The SMILES string of the molecule is O=S(=O)([O-])c1ccc2ccc(S(=O)(=O)[O-])cc2c1.O=S(=O)([O-])c1ccc2ccc(S(=O)(=O)[O-])cc2c1.[Na+].[Na+].[Na+].[Na+]. The van der Waals surface area contributed by atoms with Crippen molar-refractivity contribution < 1.29 is 170 Å². The minimum Gasteiger partial charge on any atom is -0.744 e. The molecule has 0 aromatic heterocycles. The number of benzene rings is 4. The molecule has 4 aromatic carbocycles. The van der Waals surface area contributed by atoms with Gasteiger partial charge in [0, 0.05) is 0 Å². The van der Waals surface area contributed by atoms with E-state index in [1.165, 1.54) is 24.3 Å². The van der Waals surface area contributed by atoms with Gasteiger partial charge in [-0.05, 0) is 70.1 Å². The van der Waals surface area contributed by atoms with Gasteiger partial charge in [0.05, 0.1) is 19.6 Å². The van der Waals surface area contributed by atoms with Crippen LogP contribution in [0.25, 0.3) is 21.5 Å². The van der Waals surface area contributed by atoms with E-state index in [4.69, 9.17) is 0 Å². The Morgan fingerprint density at radius 1 is 0.325 bits per heavy atom. The van der Waals surface area contributed by atoms with Crippen LogP contribution in [0, 0.1) is 0 Å². The Bertz CT molecular complexity index is 1670. The smallest absolute Gasteiger partial charge is 0.744 e. The average molecular weight is 665 g/mol. The zero-order chi connectivity index (χ0) is 27.1. The van der Waals surface area contributed by atoms with E-state index in [9.17, 15) is 51.9 Å². The van der Waals surface area contributed by atoms with Crippen LogP contribution in [0.4, 0.5) is 0 Å². The van der Waals surface area contributed by atoms with Gasteiger partial charge in [-0.15, -0.1) is 0 Å². The summed E-state index contributed by atoms with van der Waals surface area (Å²) in [6.45, 7) is 0. The molecule has 0 saturated carbocycles. The summed E-state index contributed by atoms with van der Waals surface area (Å²) >= 11 is 0. The summed E-state index contributed by atoms with van der Waals surface area (Å²) < 4.78 is 130. The molecule has 0 aliphatic heterocycles. The molecule has 12 nitrogen and oxygen atoms in total. The summed E-state index contributed by atoms with van der Waals surface area (Å²) in [5.74, 6) is 0. The van der Waals surface area contributed by atoms with Gasteiger partial charge in [-0.2, -0.15) is 0 Å². The molecule has 4 aromatic rings. The molecule has 0 bridgehead atoms. The number of fused-ring (bicyclic) bond motifs is 2. The van der Waals surface area contributed by atoms with Crippen LogP contribution >= 0.6 is 0 Å². The van der Waals surface area contributed by atoms with Gasteiger partial charge in [-0.3, -0.25) is 0 Å². The van der Waals surface area contributed by atoms with Crippen molar-refractivity contribution in [3.8, 4) is 0 Å². The fourth-order valence-corrected chi connectivity index (χ4v) is 5.05. The Kier molecular flexibility index (Phi) is 17.7. The zero-order valence-corrected chi connectivity index (χ0v) is 32.7. The van der Waals surface area contributed by atoms with Crippen LogP contribution in [0.5, 0.6) is 0 Å². The van der Waals surface area contributed by atoms with E-state index in [-0.39, 0.29) is 129 Å². The van der Waals surface area contributed by atoms with Crippen molar-refractivity contribution in [2.24, 2.45) is 0 Å². The van der Waals surface area contributed by atoms with E-state index >= 15 is 0 Å². The normalized spacial score (nSPS) is 11.5. The van der Waals surface area contributed by atoms with Gasteiger partial charge in [0.25, 0.3) is 0 Å². The van der Waals surface area contributed by atoms with Gasteiger partial charge >= 0.3 is 118 Å². The first kappa shape index (κ1) is 43.2. The molecule has 0 aliphatic rings. The maximum Gasteiger partial charge on any atom is 1.00 e. The Morgan fingerprint density at radius 2 is 0.500 bits per heavy atom. The quantitative estimate of drug-likeness (QED) is 0.146. The molecule has 40 heavy (non-hydrogen) atoms. The minimum atomic E-state index is -4.62. The summed E-state index contributed by atoms with van der Waals surface area (Å²) in [4.78, 5) is -1.91.